The Bertz CT molecular complexity index is 972. The molecule has 0 spiro atoms. The Kier molecular flexibility index (Phi) is 4.56. The number of carbonyl (C=O) groups excluding carboxylic acids is 1. The van der Waals surface area contributed by atoms with Crippen molar-refractivity contribution in [1.29, 1.82) is 0 Å². The Hall–Kier alpha value is -3.09. The minimum Gasteiger partial charge on any atom is -0.491 e. The minimum absolute atomic E-state index is 0.165. The Morgan fingerprint density at radius 1 is 1.36 bits per heavy atom. The van der Waals surface area contributed by atoms with Crippen LogP contribution in [0.4, 0.5) is 0 Å². The van der Waals surface area contributed by atoms with Gasteiger partial charge in [0.1, 0.15) is 11.5 Å². The van der Waals surface area contributed by atoms with Crippen molar-refractivity contribution in [2.24, 2.45) is 0 Å². The van der Waals surface area contributed by atoms with Crippen LogP contribution >= 0.6 is 0 Å². The average molecular weight is 340 g/mol. The van der Waals surface area contributed by atoms with Crippen molar-refractivity contribution in [2.45, 2.75) is 26.4 Å². The van der Waals surface area contributed by atoms with Gasteiger partial charge >= 0.3 is 0 Å². The lowest BCUT2D eigenvalue weighted by atomic mass is 10.3. The van der Waals surface area contributed by atoms with Crippen LogP contribution in [0.2, 0.25) is 0 Å². The van der Waals surface area contributed by atoms with Crippen molar-refractivity contribution in [3.05, 3.63) is 58.3 Å². The van der Waals surface area contributed by atoms with Crippen LogP contribution in [0, 0.1) is 0 Å². The molecule has 0 aliphatic rings. The minimum atomic E-state index is -0.373. The van der Waals surface area contributed by atoms with Gasteiger partial charge in [0, 0.05) is 18.3 Å². The summed E-state index contributed by atoms with van der Waals surface area (Å²) in [4.78, 5) is 31.4. The number of methoxy groups -OCH3 is 1. The highest BCUT2D eigenvalue weighted by molar-refractivity contribution is 5.92. The summed E-state index contributed by atoms with van der Waals surface area (Å²) in [6.45, 7) is 4.40. The summed E-state index contributed by atoms with van der Waals surface area (Å²) in [7, 11) is 1.40. The predicted octanol–water partition coefficient (Wildman–Crippen LogP) is 2.24. The number of pyridine rings is 1. The van der Waals surface area contributed by atoms with E-state index in [2.05, 4.69) is 33.7 Å². The van der Waals surface area contributed by atoms with Crippen LogP contribution in [-0.4, -0.2) is 27.6 Å². The van der Waals surface area contributed by atoms with E-state index in [1.165, 1.54) is 19.4 Å². The molecule has 2 N–H and O–H groups in total. The van der Waals surface area contributed by atoms with Crippen molar-refractivity contribution in [1.82, 2.24) is 19.9 Å². The molecule has 130 valence electrons. The molecular formula is C18H20N4O3. The predicted molar refractivity (Wildman–Crippen MR) is 94.9 cm³/mol. The Morgan fingerprint density at radius 2 is 2.12 bits per heavy atom. The molecule has 3 rings (SSSR count). The maximum Gasteiger partial charge on any atom is 0.268 e. The zero-order valence-corrected chi connectivity index (χ0v) is 14.4. The third kappa shape index (κ3) is 3.26. The molecular weight excluding hydrogens is 320 g/mol. The fraction of sp³-hybridized carbons (Fsp3) is 0.278. The van der Waals surface area contributed by atoms with Gasteiger partial charge in [-0.15, -0.1) is 0 Å². The van der Waals surface area contributed by atoms with Gasteiger partial charge < -0.3 is 19.6 Å². The first-order valence-electron chi connectivity index (χ1n) is 8.02. The van der Waals surface area contributed by atoms with Crippen molar-refractivity contribution >= 4 is 16.9 Å². The van der Waals surface area contributed by atoms with Crippen LogP contribution in [0.15, 0.2) is 41.3 Å². The topological polar surface area (TPSA) is 89.0 Å². The average Bonchev–Trinajstić information content (AvgIpc) is 2.98. The summed E-state index contributed by atoms with van der Waals surface area (Å²) in [5.74, 6) is 0.556. The number of H-pyrrole nitrogens is 1. The lowest BCUT2D eigenvalue weighted by Gasteiger charge is -2.13. The summed E-state index contributed by atoms with van der Waals surface area (Å²) in [5.41, 5.74) is 1.75. The van der Waals surface area contributed by atoms with Gasteiger partial charge in [-0.1, -0.05) is 12.1 Å². The SMILES string of the molecule is COc1c[nH]c(C(=O)NCc2nc3ccccc3n2C(C)C)cc1=O. The van der Waals surface area contributed by atoms with E-state index < -0.39 is 0 Å². The van der Waals surface area contributed by atoms with E-state index in [0.717, 1.165) is 16.9 Å². The molecule has 1 amide bonds. The second-order valence-electron chi connectivity index (χ2n) is 5.94. The number of nitrogens with zero attached hydrogens (tertiary/aromatic N) is 2. The van der Waals surface area contributed by atoms with Crippen LogP contribution in [0.3, 0.4) is 0 Å². The van der Waals surface area contributed by atoms with E-state index >= 15 is 0 Å². The van der Waals surface area contributed by atoms with E-state index in [0.29, 0.717) is 0 Å². The number of benzene rings is 1. The molecule has 0 aliphatic heterocycles. The monoisotopic (exact) mass is 340 g/mol. The molecule has 7 heteroatoms. The van der Waals surface area contributed by atoms with Gasteiger partial charge in [0.25, 0.3) is 5.91 Å². The van der Waals surface area contributed by atoms with Gasteiger partial charge in [0.05, 0.1) is 24.7 Å². The van der Waals surface area contributed by atoms with Crippen LogP contribution in [0.25, 0.3) is 11.0 Å². The maximum atomic E-state index is 12.3. The number of imidazole rings is 1. The fourth-order valence-corrected chi connectivity index (χ4v) is 2.80. The first kappa shape index (κ1) is 16.8. The summed E-state index contributed by atoms with van der Waals surface area (Å²) in [6, 6.07) is 9.28. The van der Waals surface area contributed by atoms with E-state index in [9.17, 15) is 9.59 Å². The molecule has 7 nitrogen and oxygen atoms in total. The molecule has 2 aromatic heterocycles. The number of nitrogens with one attached hydrogen (secondary N) is 2. The quantitative estimate of drug-likeness (QED) is 0.745. The maximum absolute atomic E-state index is 12.3. The number of fused-ring (bicyclic) bond motifs is 1. The third-order valence-electron chi connectivity index (χ3n) is 3.93. The number of aromatic amines is 1. The number of aromatic nitrogens is 3. The Balaban J connectivity index is 1.83. The Morgan fingerprint density at radius 3 is 2.80 bits per heavy atom. The first-order chi connectivity index (χ1) is 12.0. The van der Waals surface area contributed by atoms with E-state index in [1.807, 2.05) is 24.3 Å². The highest BCUT2D eigenvalue weighted by Crippen LogP contribution is 2.20. The summed E-state index contributed by atoms with van der Waals surface area (Å²) in [6.07, 6.45) is 1.38. The number of hydrogen-bond acceptors (Lipinski definition) is 4. The number of hydrogen-bond donors (Lipinski definition) is 2. The van der Waals surface area contributed by atoms with E-state index in [-0.39, 0.29) is 35.4 Å². The molecule has 0 unspecified atom stereocenters. The third-order valence-corrected chi connectivity index (χ3v) is 3.93. The first-order valence-corrected chi connectivity index (χ1v) is 8.02. The van der Waals surface area contributed by atoms with E-state index in [4.69, 9.17) is 4.74 Å². The number of ether oxygens (including phenoxy) is 1. The number of rotatable bonds is 5. The fourth-order valence-electron chi connectivity index (χ4n) is 2.80. The van der Waals surface area contributed by atoms with Crippen LogP contribution in [0.1, 0.15) is 36.2 Å². The summed E-state index contributed by atoms with van der Waals surface area (Å²) >= 11 is 0. The van der Waals surface area contributed by atoms with Crippen LogP contribution in [-0.2, 0) is 6.54 Å². The van der Waals surface area contributed by atoms with Gasteiger partial charge in [-0.25, -0.2) is 4.98 Å². The van der Waals surface area contributed by atoms with Gasteiger partial charge in [-0.3, -0.25) is 9.59 Å². The van der Waals surface area contributed by atoms with Crippen LogP contribution in [0.5, 0.6) is 5.75 Å². The largest absolute Gasteiger partial charge is 0.491 e. The second kappa shape index (κ2) is 6.80. The zero-order valence-electron chi connectivity index (χ0n) is 14.4. The molecule has 0 fully saturated rings. The highest BCUT2D eigenvalue weighted by atomic mass is 16.5. The molecule has 0 aliphatic carbocycles. The summed E-state index contributed by atoms with van der Waals surface area (Å²) < 4.78 is 6.99. The van der Waals surface area contributed by atoms with Crippen molar-refractivity contribution in [3.8, 4) is 5.75 Å². The van der Waals surface area contributed by atoms with E-state index in [1.54, 1.807) is 0 Å². The number of carbonyl (C=O) groups is 1. The molecule has 1 aromatic carbocycles. The van der Waals surface area contributed by atoms with Crippen molar-refractivity contribution < 1.29 is 9.53 Å². The molecule has 0 saturated heterocycles. The van der Waals surface area contributed by atoms with Gasteiger partial charge in [0.2, 0.25) is 5.43 Å². The smallest absolute Gasteiger partial charge is 0.268 e. The normalized spacial score (nSPS) is 11.0. The highest BCUT2D eigenvalue weighted by Gasteiger charge is 2.15. The van der Waals surface area contributed by atoms with Crippen LogP contribution < -0.4 is 15.5 Å². The molecule has 2 heterocycles. The van der Waals surface area contributed by atoms with Gasteiger partial charge in [-0.05, 0) is 26.0 Å². The molecule has 0 atom stereocenters. The second-order valence-corrected chi connectivity index (χ2v) is 5.94. The van der Waals surface area contributed by atoms with Gasteiger partial charge in [-0.2, -0.15) is 0 Å². The lowest BCUT2D eigenvalue weighted by Crippen LogP contribution is -2.27. The molecule has 0 saturated carbocycles. The molecule has 0 radical (unpaired) electrons. The molecule has 0 bridgehead atoms. The standard InChI is InChI=1S/C18H20N4O3/c1-11(2)22-14-7-5-4-6-12(14)21-17(22)10-20-18(24)13-8-15(23)16(25-3)9-19-13/h4-9,11H,10H2,1-3H3,(H,19,23)(H,20,24). The summed E-state index contributed by atoms with van der Waals surface area (Å²) in [5, 5.41) is 2.80. The van der Waals surface area contributed by atoms with Crippen molar-refractivity contribution in [2.75, 3.05) is 7.11 Å². The Labute approximate surface area is 144 Å². The van der Waals surface area contributed by atoms with Gasteiger partial charge in [0.15, 0.2) is 5.75 Å². The number of para-hydroxylation sites is 2. The lowest BCUT2D eigenvalue weighted by molar-refractivity contribution is 0.0944. The molecule has 25 heavy (non-hydrogen) atoms. The van der Waals surface area contributed by atoms with Crippen molar-refractivity contribution in [3.63, 3.8) is 0 Å². The number of amides is 1. The zero-order chi connectivity index (χ0) is 18.0. The molecule has 3 aromatic rings.